The van der Waals surface area contributed by atoms with Gasteiger partial charge in [0.25, 0.3) is 0 Å². The van der Waals surface area contributed by atoms with Crippen LogP contribution in [0.3, 0.4) is 0 Å². The highest BCUT2D eigenvalue weighted by molar-refractivity contribution is 5.04. The zero-order chi connectivity index (χ0) is 10.5. The maximum Gasteiger partial charge on any atom is 0.0521 e. The summed E-state index contributed by atoms with van der Waals surface area (Å²) in [6, 6.07) is 0.740. The topological polar surface area (TPSA) is 29.9 Å². The molecule has 1 fully saturated rings. The molecule has 3 nitrogen and oxygen atoms in total. The second-order valence-electron chi connectivity index (χ2n) is 4.39. The van der Waals surface area contributed by atoms with E-state index < -0.39 is 0 Å². The predicted molar refractivity (Wildman–Crippen MR) is 61.9 cm³/mol. The van der Waals surface area contributed by atoms with E-state index in [0.29, 0.717) is 0 Å². The molecule has 0 saturated carbocycles. The van der Waals surface area contributed by atoms with Gasteiger partial charge < -0.3 is 5.32 Å². The van der Waals surface area contributed by atoms with Crippen molar-refractivity contribution in [3.63, 3.8) is 0 Å². The molecule has 1 N–H and O–H groups in total. The summed E-state index contributed by atoms with van der Waals surface area (Å²) in [7, 11) is 0. The molecule has 0 aliphatic carbocycles. The number of rotatable bonds is 4. The van der Waals surface area contributed by atoms with Crippen molar-refractivity contribution in [1.29, 1.82) is 0 Å². The van der Waals surface area contributed by atoms with E-state index in [0.717, 1.165) is 19.0 Å². The largest absolute Gasteiger partial charge is 0.314 e. The molecule has 1 saturated heterocycles. The van der Waals surface area contributed by atoms with Crippen molar-refractivity contribution in [2.75, 3.05) is 6.54 Å². The summed E-state index contributed by atoms with van der Waals surface area (Å²) in [5.74, 6) is 0. The molecule has 0 amide bonds. The molecule has 1 unspecified atom stereocenters. The Morgan fingerprint density at radius 2 is 2.47 bits per heavy atom. The first-order chi connectivity index (χ1) is 7.38. The third-order valence-corrected chi connectivity index (χ3v) is 3.20. The summed E-state index contributed by atoms with van der Waals surface area (Å²) in [6.07, 6.45) is 10.7. The average Bonchev–Trinajstić information content (AvgIpc) is 2.76. The highest BCUT2D eigenvalue weighted by atomic mass is 15.3. The number of aryl methyl sites for hydroxylation is 2. The normalized spacial score (nSPS) is 21.8. The fraction of sp³-hybridized carbons (Fsp3) is 0.750. The Balaban J connectivity index is 1.76. The molecule has 0 spiro atoms. The van der Waals surface area contributed by atoms with Gasteiger partial charge in [-0.1, -0.05) is 6.42 Å². The number of piperidine rings is 1. The molecule has 1 aromatic rings. The van der Waals surface area contributed by atoms with Gasteiger partial charge in [0.2, 0.25) is 0 Å². The van der Waals surface area contributed by atoms with E-state index in [9.17, 15) is 0 Å². The summed E-state index contributed by atoms with van der Waals surface area (Å²) in [6.45, 7) is 4.31. The number of aromatic nitrogens is 2. The summed E-state index contributed by atoms with van der Waals surface area (Å²) in [5.41, 5.74) is 1.38. The molecule has 2 heterocycles. The van der Waals surface area contributed by atoms with Crippen LogP contribution in [0.15, 0.2) is 12.4 Å². The Morgan fingerprint density at radius 1 is 1.53 bits per heavy atom. The van der Waals surface area contributed by atoms with E-state index in [1.807, 2.05) is 10.9 Å². The molecule has 1 aliphatic rings. The lowest BCUT2D eigenvalue weighted by Gasteiger charge is -2.22. The van der Waals surface area contributed by atoms with Gasteiger partial charge in [0, 0.05) is 18.8 Å². The Bertz CT molecular complexity index is 287. The molecule has 15 heavy (non-hydrogen) atoms. The van der Waals surface area contributed by atoms with Crippen molar-refractivity contribution in [3.8, 4) is 0 Å². The first-order valence-corrected chi connectivity index (χ1v) is 6.13. The van der Waals surface area contributed by atoms with Crippen LogP contribution in [-0.4, -0.2) is 22.4 Å². The lowest BCUT2D eigenvalue weighted by molar-refractivity contribution is 0.383. The summed E-state index contributed by atoms with van der Waals surface area (Å²) in [5, 5.41) is 7.88. The van der Waals surface area contributed by atoms with Crippen LogP contribution in [0.25, 0.3) is 0 Å². The van der Waals surface area contributed by atoms with Gasteiger partial charge in [-0.3, -0.25) is 4.68 Å². The van der Waals surface area contributed by atoms with Gasteiger partial charge >= 0.3 is 0 Å². The van der Waals surface area contributed by atoms with Crippen LogP contribution in [0, 0.1) is 0 Å². The first-order valence-electron chi connectivity index (χ1n) is 6.13. The van der Waals surface area contributed by atoms with Gasteiger partial charge in [0.1, 0.15) is 0 Å². The van der Waals surface area contributed by atoms with E-state index in [1.54, 1.807) is 0 Å². The fourth-order valence-corrected chi connectivity index (χ4v) is 2.22. The monoisotopic (exact) mass is 207 g/mol. The van der Waals surface area contributed by atoms with Gasteiger partial charge in [-0.25, -0.2) is 0 Å². The van der Waals surface area contributed by atoms with Crippen LogP contribution >= 0.6 is 0 Å². The SMILES string of the molecule is CCn1cc(CCC2CCCCN2)cn1. The smallest absolute Gasteiger partial charge is 0.0521 e. The van der Waals surface area contributed by atoms with Crippen LogP contribution in [0.2, 0.25) is 0 Å². The Labute approximate surface area is 91.9 Å². The molecule has 0 bridgehead atoms. The quantitative estimate of drug-likeness (QED) is 0.818. The average molecular weight is 207 g/mol. The Kier molecular flexibility index (Phi) is 3.78. The molecule has 84 valence electrons. The van der Waals surface area contributed by atoms with E-state index in [4.69, 9.17) is 0 Å². The molecule has 0 aromatic carbocycles. The van der Waals surface area contributed by atoms with Crippen molar-refractivity contribution < 1.29 is 0 Å². The van der Waals surface area contributed by atoms with Gasteiger partial charge in [-0.15, -0.1) is 0 Å². The number of nitrogens with zero attached hydrogens (tertiary/aromatic N) is 2. The standard InChI is InChI=1S/C12H21N3/c1-2-15-10-11(9-14-15)6-7-12-5-3-4-8-13-12/h9-10,12-13H,2-8H2,1H3. The minimum atomic E-state index is 0.740. The van der Waals surface area contributed by atoms with Crippen molar-refractivity contribution in [2.24, 2.45) is 0 Å². The lowest BCUT2D eigenvalue weighted by Crippen LogP contribution is -2.34. The Hall–Kier alpha value is -0.830. The summed E-state index contributed by atoms with van der Waals surface area (Å²) < 4.78 is 2.00. The third-order valence-electron chi connectivity index (χ3n) is 3.20. The van der Waals surface area contributed by atoms with Gasteiger partial charge in [0.05, 0.1) is 6.20 Å². The molecular formula is C12H21N3. The number of nitrogens with one attached hydrogen (secondary N) is 1. The molecule has 1 atom stereocenters. The maximum atomic E-state index is 4.29. The number of hydrogen-bond acceptors (Lipinski definition) is 2. The molecule has 1 aromatic heterocycles. The zero-order valence-electron chi connectivity index (χ0n) is 9.58. The van der Waals surface area contributed by atoms with E-state index >= 15 is 0 Å². The van der Waals surface area contributed by atoms with Gasteiger partial charge in [0.15, 0.2) is 0 Å². The summed E-state index contributed by atoms with van der Waals surface area (Å²) in [4.78, 5) is 0. The summed E-state index contributed by atoms with van der Waals surface area (Å²) >= 11 is 0. The van der Waals surface area contributed by atoms with Gasteiger partial charge in [-0.2, -0.15) is 5.10 Å². The van der Waals surface area contributed by atoms with Crippen LogP contribution < -0.4 is 5.32 Å². The number of hydrogen-bond donors (Lipinski definition) is 1. The van der Waals surface area contributed by atoms with E-state index in [-0.39, 0.29) is 0 Å². The molecular weight excluding hydrogens is 186 g/mol. The minimum absolute atomic E-state index is 0.740. The third kappa shape index (κ3) is 3.06. The molecule has 0 radical (unpaired) electrons. The van der Waals surface area contributed by atoms with Crippen molar-refractivity contribution in [2.45, 2.75) is 51.6 Å². The van der Waals surface area contributed by atoms with Crippen molar-refractivity contribution >= 4 is 0 Å². The highest BCUT2D eigenvalue weighted by Crippen LogP contribution is 2.13. The second kappa shape index (κ2) is 5.31. The van der Waals surface area contributed by atoms with E-state index in [2.05, 4.69) is 23.5 Å². The van der Waals surface area contributed by atoms with Gasteiger partial charge in [-0.05, 0) is 44.7 Å². The van der Waals surface area contributed by atoms with Crippen molar-refractivity contribution in [1.82, 2.24) is 15.1 Å². The van der Waals surface area contributed by atoms with Crippen LogP contribution in [0.1, 0.15) is 38.2 Å². The van der Waals surface area contributed by atoms with E-state index in [1.165, 1.54) is 37.8 Å². The Morgan fingerprint density at radius 3 is 3.13 bits per heavy atom. The fourth-order valence-electron chi connectivity index (χ4n) is 2.22. The lowest BCUT2D eigenvalue weighted by atomic mass is 9.99. The molecule has 1 aliphatic heterocycles. The molecule has 2 rings (SSSR count). The zero-order valence-corrected chi connectivity index (χ0v) is 9.58. The highest BCUT2D eigenvalue weighted by Gasteiger charge is 2.12. The van der Waals surface area contributed by atoms with Crippen molar-refractivity contribution in [3.05, 3.63) is 18.0 Å². The van der Waals surface area contributed by atoms with Crippen LogP contribution in [0.5, 0.6) is 0 Å². The first kappa shape index (κ1) is 10.7. The minimum Gasteiger partial charge on any atom is -0.314 e. The van der Waals surface area contributed by atoms with Crippen LogP contribution in [-0.2, 0) is 13.0 Å². The molecule has 3 heteroatoms. The maximum absolute atomic E-state index is 4.29. The second-order valence-corrected chi connectivity index (χ2v) is 4.39. The predicted octanol–water partition coefficient (Wildman–Crippen LogP) is 1.98. The van der Waals surface area contributed by atoms with Crippen LogP contribution in [0.4, 0.5) is 0 Å².